The summed E-state index contributed by atoms with van der Waals surface area (Å²) in [7, 11) is 0. The van der Waals surface area contributed by atoms with Crippen molar-refractivity contribution in [3.8, 4) is 0 Å². The summed E-state index contributed by atoms with van der Waals surface area (Å²) in [5.41, 5.74) is 0.988. The Morgan fingerprint density at radius 2 is 2.39 bits per heavy atom. The first kappa shape index (κ1) is 11.7. The van der Waals surface area contributed by atoms with E-state index in [4.69, 9.17) is 9.47 Å². The van der Waals surface area contributed by atoms with E-state index in [2.05, 4.69) is 23.6 Å². The van der Waals surface area contributed by atoms with Crippen LogP contribution >= 0.6 is 11.3 Å². The monoisotopic (exact) mass is 262 g/mol. The molecule has 0 N–H and O–H groups in total. The van der Waals surface area contributed by atoms with Crippen molar-refractivity contribution < 1.29 is 14.3 Å². The third kappa shape index (κ3) is 2.13. The first-order valence-electron chi connectivity index (χ1n) is 6.05. The molecular weight excluding hydrogens is 248 g/mol. The van der Waals surface area contributed by atoms with Crippen LogP contribution in [0.1, 0.15) is 18.4 Å². The van der Waals surface area contributed by atoms with E-state index < -0.39 is 0 Å². The fourth-order valence-electron chi connectivity index (χ4n) is 2.16. The molecule has 18 heavy (non-hydrogen) atoms. The highest BCUT2D eigenvalue weighted by Gasteiger charge is 2.40. The van der Waals surface area contributed by atoms with Crippen LogP contribution in [0.2, 0.25) is 0 Å². The van der Waals surface area contributed by atoms with Crippen molar-refractivity contribution in [1.82, 2.24) is 0 Å². The topological polar surface area (TPSA) is 38.8 Å². The van der Waals surface area contributed by atoms with Crippen molar-refractivity contribution in [3.63, 3.8) is 0 Å². The lowest BCUT2D eigenvalue weighted by atomic mass is 9.95. The number of hydrogen-bond acceptors (Lipinski definition) is 4. The smallest absolute Gasteiger partial charge is 0.316 e. The number of hydrogen-bond donors (Lipinski definition) is 0. The van der Waals surface area contributed by atoms with Crippen LogP contribution in [0.3, 0.4) is 0 Å². The predicted molar refractivity (Wildman–Crippen MR) is 70.9 cm³/mol. The molecule has 1 aliphatic rings. The van der Waals surface area contributed by atoms with E-state index >= 15 is 0 Å². The van der Waals surface area contributed by atoms with Crippen molar-refractivity contribution in [3.05, 3.63) is 35.2 Å². The Hall–Kier alpha value is -1.39. The normalized spacial score (nSPS) is 19.7. The Morgan fingerprint density at radius 1 is 1.56 bits per heavy atom. The fourth-order valence-corrected chi connectivity index (χ4v) is 2.93. The van der Waals surface area contributed by atoms with Gasteiger partial charge in [0.2, 0.25) is 0 Å². The van der Waals surface area contributed by atoms with E-state index in [1.54, 1.807) is 11.3 Å². The van der Waals surface area contributed by atoms with Gasteiger partial charge in [0, 0.05) is 4.70 Å². The maximum atomic E-state index is 12.0. The highest BCUT2D eigenvalue weighted by Crippen LogP contribution is 2.33. The van der Waals surface area contributed by atoms with E-state index in [-0.39, 0.29) is 18.0 Å². The van der Waals surface area contributed by atoms with Gasteiger partial charge in [0.05, 0.1) is 19.3 Å². The Kier molecular flexibility index (Phi) is 3.06. The molecule has 3 nitrogen and oxygen atoms in total. The van der Waals surface area contributed by atoms with Crippen LogP contribution < -0.4 is 0 Å². The summed E-state index contributed by atoms with van der Waals surface area (Å²) in [5, 5.41) is 3.23. The lowest BCUT2D eigenvalue weighted by Gasteiger charge is -2.13. The van der Waals surface area contributed by atoms with Gasteiger partial charge in [0.1, 0.15) is 5.92 Å². The molecule has 1 saturated heterocycles. The molecule has 0 radical (unpaired) electrons. The molecule has 0 spiro atoms. The van der Waals surface area contributed by atoms with Crippen molar-refractivity contribution >= 4 is 27.4 Å². The minimum atomic E-state index is -0.283. The molecule has 1 aromatic carbocycles. The van der Waals surface area contributed by atoms with Crippen LogP contribution in [0, 0.1) is 0 Å². The summed E-state index contributed by atoms with van der Waals surface area (Å²) in [4.78, 5) is 12.0. The summed E-state index contributed by atoms with van der Waals surface area (Å²) in [6, 6.07) is 8.20. The van der Waals surface area contributed by atoms with Gasteiger partial charge in [-0.3, -0.25) is 4.79 Å². The molecule has 2 unspecified atom stereocenters. The zero-order valence-electron chi connectivity index (χ0n) is 10.1. The molecule has 0 bridgehead atoms. The first-order chi connectivity index (χ1) is 8.79. The number of esters is 1. The van der Waals surface area contributed by atoms with Gasteiger partial charge in [-0.2, -0.15) is 0 Å². The lowest BCUT2D eigenvalue weighted by molar-refractivity contribution is -0.145. The maximum Gasteiger partial charge on any atom is 0.316 e. The number of fused-ring (bicyclic) bond motifs is 1. The van der Waals surface area contributed by atoms with Crippen molar-refractivity contribution in [2.45, 2.75) is 18.9 Å². The average Bonchev–Trinajstić information content (AvgIpc) is 3.07. The van der Waals surface area contributed by atoms with E-state index in [9.17, 15) is 4.79 Å². The molecule has 94 valence electrons. The highest BCUT2D eigenvalue weighted by atomic mass is 32.1. The van der Waals surface area contributed by atoms with Gasteiger partial charge >= 0.3 is 5.97 Å². The number of benzene rings is 1. The van der Waals surface area contributed by atoms with Gasteiger partial charge < -0.3 is 9.47 Å². The van der Waals surface area contributed by atoms with Gasteiger partial charge in [-0.05, 0) is 41.5 Å². The van der Waals surface area contributed by atoms with Crippen LogP contribution in [0.15, 0.2) is 29.6 Å². The molecule has 0 amide bonds. The van der Waals surface area contributed by atoms with Gasteiger partial charge in [0.25, 0.3) is 0 Å². The van der Waals surface area contributed by atoms with Crippen LogP contribution in [-0.2, 0) is 14.3 Å². The number of thiophene rings is 1. The molecule has 0 saturated carbocycles. The molecule has 4 heteroatoms. The predicted octanol–water partition coefficient (Wildman–Crippen LogP) is 2.95. The molecule has 3 rings (SSSR count). The van der Waals surface area contributed by atoms with Gasteiger partial charge in [0.15, 0.2) is 0 Å². The maximum absolute atomic E-state index is 12.0. The van der Waals surface area contributed by atoms with Gasteiger partial charge in [-0.25, -0.2) is 0 Å². The van der Waals surface area contributed by atoms with Gasteiger partial charge in [-0.1, -0.05) is 6.07 Å². The van der Waals surface area contributed by atoms with Crippen LogP contribution in [0.5, 0.6) is 0 Å². The fraction of sp³-hybridized carbons (Fsp3) is 0.357. The van der Waals surface area contributed by atoms with Crippen LogP contribution in [0.4, 0.5) is 0 Å². The molecule has 2 heterocycles. The van der Waals surface area contributed by atoms with Crippen molar-refractivity contribution in [2.75, 3.05) is 13.2 Å². The molecule has 1 aliphatic heterocycles. The standard InChI is InChI=1S/C14H14O3S/c1-2-16-14(15)13(11-8-17-11)10-3-4-12-9(7-10)5-6-18-12/h3-7,11,13H,2,8H2,1H3. The SMILES string of the molecule is CCOC(=O)C(c1ccc2sccc2c1)C1CO1. The van der Waals surface area contributed by atoms with E-state index in [0.29, 0.717) is 13.2 Å². The molecule has 1 fully saturated rings. The van der Waals surface area contributed by atoms with Crippen molar-refractivity contribution in [1.29, 1.82) is 0 Å². The Balaban J connectivity index is 1.95. The number of rotatable bonds is 4. The van der Waals surface area contributed by atoms with Crippen LogP contribution in [0.25, 0.3) is 10.1 Å². The quantitative estimate of drug-likeness (QED) is 0.628. The highest BCUT2D eigenvalue weighted by molar-refractivity contribution is 7.17. The number of ether oxygens (including phenoxy) is 2. The Bertz CT molecular complexity index is 571. The summed E-state index contributed by atoms with van der Waals surface area (Å²) in [6.07, 6.45) is -0.0138. The third-order valence-electron chi connectivity index (χ3n) is 3.11. The summed E-state index contributed by atoms with van der Waals surface area (Å²) < 4.78 is 11.7. The summed E-state index contributed by atoms with van der Waals surface area (Å²) >= 11 is 1.70. The zero-order chi connectivity index (χ0) is 12.5. The summed E-state index contributed by atoms with van der Waals surface area (Å²) in [5.74, 6) is -0.469. The van der Waals surface area contributed by atoms with E-state index in [0.717, 1.165) is 5.56 Å². The minimum absolute atomic E-state index is 0.0138. The number of epoxide rings is 1. The van der Waals surface area contributed by atoms with Crippen molar-refractivity contribution in [2.24, 2.45) is 0 Å². The van der Waals surface area contributed by atoms with E-state index in [1.807, 2.05) is 13.0 Å². The number of carbonyl (C=O) groups is 1. The molecule has 2 atom stereocenters. The average molecular weight is 262 g/mol. The van der Waals surface area contributed by atoms with Gasteiger partial charge in [-0.15, -0.1) is 11.3 Å². The third-order valence-corrected chi connectivity index (χ3v) is 4.00. The summed E-state index contributed by atoms with van der Waals surface area (Å²) in [6.45, 7) is 2.87. The minimum Gasteiger partial charge on any atom is -0.465 e. The largest absolute Gasteiger partial charge is 0.465 e. The second kappa shape index (κ2) is 4.71. The first-order valence-corrected chi connectivity index (χ1v) is 6.93. The molecular formula is C14H14O3S. The Morgan fingerprint density at radius 3 is 3.11 bits per heavy atom. The molecule has 0 aliphatic carbocycles. The van der Waals surface area contributed by atoms with Crippen LogP contribution in [-0.4, -0.2) is 25.3 Å². The molecule has 1 aromatic heterocycles. The molecule has 2 aromatic rings. The van der Waals surface area contributed by atoms with E-state index in [1.165, 1.54) is 10.1 Å². The second-order valence-electron chi connectivity index (χ2n) is 4.32. The Labute approximate surface area is 109 Å². The lowest BCUT2D eigenvalue weighted by Crippen LogP contribution is -2.20. The zero-order valence-corrected chi connectivity index (χ0v) is 10.9. The number of carbonyl (C=O) groups excluding carboxylic acids is 1. The second-order valence-corrected chi connectivity index (χ2v) is 5.27.